The van der Waals surface area contributed by atoms with Gasteiger partial charge in [-0.2, -0.15) is 13.2 Å². The summed E-state index contributed by atoms with van der Waals surface area (Å²) in [5.74, 6) is -1.62. The third-order valence-corrected chi connectivity index (χ3v) is 5.00. The fraction of sp³-hybridized carbons (Fsp3) is 0.647. The number of likely N-dealkylation sites (tertiary alicyclic amines) is 1. The predicted octanol–water partition coefficient (Wildman–Crippen LogP) is 1.83. The summed E-state index contributed by atoms with van der Waals surface area (Å²) >= 11 is 0. The number of piperidine rings is 1. The van der Waals surface area contributed by atoms with Crippen molar-refractivity contribution in [3.05, 3.63) is 30.1 Å². The molecule has 138 valence electrons. The van der Waals surface area contributed by atoms with Crippen molar-refractivity contribution in [3.8, 4) is 0 Å². The molecule has 8 heteroatoms. The third kappa shape index (κ3) is 4.49. The normalized spacial score (nSPS) is 25.8. The number of aromatic nitrogens is 1. The Morgan fingerprint density at radius 1 is 1.36 bits per heavy atom. The smallest absolute Gasteiger partial charge is 0.341 e. The zero-order chi connectivity index (χ0) is 17.9. The molecule has 0 bridgehead atoms. The molecule has 0 aliphatic carbocycles. The predicted molar refractivity (Wildman–Crippen MR) is 86.8 cm³/mol. The van der Waals surface area contributed by atoms with Crippen LogP contribution in [0.4, 0.5) is 13.2 Å². The van der Waals surface area contributed by atoms with Crippen molar-refractivity contribution in [2.75, 3.05) is 39.3 Å². The second-order valence-corrected chi connectivity index (χ2v) is 6.70. The van der Waals surface area contributed by atoms with Crippen molar-refractivity contribution in [3.63, 3.8) is 0 Å². The molecule has 0 saturated carbocycles. The van der Waals surface area contributed by atoms with Crippen molar-refractivity contribution in [2.45, 2.75) is 25.1 Å². The molecule has 1 aromatic rings. The summed E-state index contributed by atoms with van der Waals surface area (Å²) < 4.78 is 38.9. The van der Waals surface area contributed by atoms with Crippen molar-refractivity contribution < 1.29 is 18.0 Å². The van der Waals surface area contributed by atoms with Crippen LogP contribution in [0, 0.1) is 5.92 Å². The van der Waals surface area contributed by atoms with Gasteiger partial charge in [-0.05, 0) is 24.5 Å². The van der Waals surface area contributed by atoms with E-state index in [0.29, 0.717) is 26.1 Å². The van der Waals surface area contributed by atoms with Crippen molar-refractivity contribution in [1.82, 2.24) is 20.1 Å². The second-order valence-electron chi connectivity index (χ2n) is 6.70. The van der Waals surface area contributed by atoms with E-state index < -0.39 is 12.1 Å². The van der Waals surface area contributed by atoms with E-state index in [9.17, 15) is 18.0 Å². The number of piperazine rings is 1. The lowest BCUT2D eigenvalue weighted by Crippen LogP contribution is -2.52. The summed E-state index contributed by atoms with van der Waals surface area (Å²) in [6.07, 6.45) is -0.245. The maximum Gasteiger partial charge on any atom is 0.393 e. The fourth-order valence-electron chi connectivity index (χ4n) is 3.58. The number of hydrogen-bond donors (Lipinski definition) is 1. The van der Waals surface area contributed by atoms with Crippen LogP contribution in [0.15, 0.2) is 24.5 Å². The Morgan fingerprint density at radius 3 is 2.92 bits per heavy atom. The SMILES string of the molecule is O=C(CN1CCNCC1c1cccnc1)N1CCCC(C(F)(F)F)C1. The molecule has 2 atom stereocenters. The number of carbonyl (C=O) groups is 1. The topological polar surface area (TPSA) is 48.5 Å². The van der Waals surface area contributed by atoms with E-state index >= 15 is 0 Å². The highest BCUT2D eigenvalue weighted by molar-refractivity contribution is 5.78. The number of alkyl halides is 3. The number of amides is 1. The average Bonchev–Trinajstić information content (AvgIpc) is 2.62. The second kappa shape index (κ2) is 7.70. The van der Waals surface area contributed by atoms with Crippen LogP contribution in [-0.2, 0) is 4.79 Å². The zero-order valence-corrected chi connectivity index (χ0v) is 14.0. The highest BCUT2D eigenvalue weighted by Gasteiger charge is 2.43. The van der Waals surface area contributed by atoms with E-state index in [-0.39, 0.29) is 31.5 Å². The van der Waals surface area contributed by atoms with Crippen LogP contribution in [-0.4, -0.2) is 66.1 Å². The number of nitrogens with one attached hydrogen (secondary N) is 1. The van der Waals surface area contributed by atoms with Gasteiger partial charge in [-0.3, -0.25) is 14.7 Å². The molecule has 2 saturated heterocycles. The summed E-state index contributed by atoms with van der Waals surface area (Å²) in [6.45, 7) is 2.48. The van der Waals surface area contributed by atoms with Gasteiger partial charge in [0.2, 0.25) is 5.91 Å². The molecule has 0 radical (unpaired) electrons. The van der Waals surface area contributed by atoms with E-state index in [0.717, 1.165) is 12.1 Å². The van der Waals surface area contributed by atoms with Gasteiger partial charge in [-0.25, -0.2) is 0 Å². The maximum atomic E-state index is 13.0. The summed E-state index contributed by atoms with van der Waals surface area (Å²) in [7, 11) is 0. The van der Waals surface area contributed by atoms with Crippen molar-refractivity contribution >= 4 is 5.91 Å². The van der Waals surface area contributed by atoms with Crippen LogP contribution in [0.2, 0.25) is 0 Å². The lowest BCUT2D eigenvalue weighted by molar-refractivity contribution is -0.188. The number of halogens is 3. The molecule has 2 unspecified atom stereocenters. The summed E-state index contributed by atoms with van der Waals surface area (Å²) in [6, 6.07) is 3.82. The van der Waals surface area contributed by atoms with E-state index in [2.05, 4.69) is 10.3 Å². The van der Waals surface area contributed by atoms with Crippen LogP contribution in [0.3, 0.4) is 0 Å². The molecule has 1 aromatic heterocycles. The molecule has 2 fully saturated rings. The Kier molecular flexibility index (Phi) is 5.58. The quantitative estimate of drug-likeness (QED) is 0.898. The Labute approximate surface area is 145 Å². The lowest BCUT2D eigenvalue weighted by atomic mass is 9.97. The minimum Gasteiger partial charge on any atom is -0.341 e. The summed E-state index contributed by atoms with van der Waals surface area (Å²) in [5.41, 5.74) is 1.01. The Hall–Kier alpha value is -1.67. The molecule has 25 heavy (non-hydrogen) atoms. The van der Waals surface area contributed by atoms with Gasteiger partial charge in [-0.15, -0.1) is 0 Å². The first-order chi connectivity index (χ1) is 11.9. The number of rotatable bonds is 3. The minimum absolute atomic E-state index is 0.00889. The van der Waals surface area contributed by atoms with Crippen LogP contribution < -0.4 is 5.32 Å². The first-order valence-electron chi connectivity index (χ1n) is 8.64. The van der Waals surface area contributed by atoms with Crippen molar-refractivity contribution in [1.29, 1.82) is 0 Å². The number of carbonyl (C=O) groups excluding carboxylic acids is 1. The molecule has 1 N–H and O–H groups in total. The van der Waals surface area contributed by atoms with E-state index in [1.54, 1.807) is 12.4 Å². The molecule has 3 rings (SSSR count). The lowest BCUT2D eigenvalue weighted by Gasteiger charge is -2.39. The average molecular weight is 356 g/mol. The molecule has 2 aliphatic heterocycles. The Bertz CT molecular complexity index is 581. The van der Waals surface area contributed by atoms with Crippen LogP contribution in [0.5, 0.6) is 0 Å². The molecule has 1 amide bonds. The fourth-order valence-corrected chi connectivity index (χ4v) is 3.58. The van der Waals surface area contributed by atoms with Crippen LogP contribution >= 0.6 is 0 Å². The zero-order valence-electron chi connectivity index (χ0n) is 14.0. The van der Waals surface area contributed by atoms with Crippen molar-refractivity contribution in [2.24, 2.45) is 5.92 Å². The minimum atomic E-state index is -4.23. The highest BCUT2D eigenvalue weighted by atomic mass is 19.4. The Morgan fingerprint density at radius 2 is 2.20 bits per heavy atom. The third-order valence-electron chi connectivity index (χ3n) is 5.00. The van der Waals surface area contributed by atoms with Crippen LogP contribution in [0.1, 0.15) is 24.4 Å². The standard InChI is InChI=1S/C17H23F3N4O/c18-17(19,20)14-4-2-7-24(11-14)16(25)12-23-8-6-22-10-15(23)13-3-1-5-21-9-13/h1,3,5,9,14-15,22H,2,4,6-8,10-12H2. The van der Waals surface area contributed by atoms with Gasteiger partial charge < -0.3 is 10.2 Å². The van der Waals surface area contributed by atoms with Crippen LogP contribution in [0.25, 0.3) is 0 Å². The number of pyridine rings is 1. The highest BCUT2D eigenvalue weighted by Crippen LogP contribution is 2.33. The summed E-state index contributed by atoms with van der Waals surface area (Å²) in [4.78, 5) is 20.1. The van der Waals surface area contributed by atoms with E-state index in [1.807, 2.05) is 17.0 Å². The largest absolute Gasteiger partial charge is 0.393 e. The molecular weight excluding hydrogens is 333 g/mol. The molecule has 0 spiro atoms. The van der Waals surface area contributed by atoms with E-state index in [4.69, 9.17) is 0 Å². The number of hydrogen-bond acceptors (Lipinski definition) is 4. The van der Waals surface area contributed by atoms with E-state index in [1.165, 1.54) is 4.90 Å². The van der Waals surface area contributed by atoms with Gasteiger partial charge in [0, 0.05) is 51.2 Å². The first kappa shape index (κ1) is 18.1. The molecule has 5 nitrogen and oxygen atoms in total. The van der Waals surface area contributed by atoms with Gasteiger partial charge in [-0.1, -0.05) is 6.07 Å². The molecular formula is C17H23F3N4O. The molecule has 0 aromatic carbocycles. The number of nitrogens with zero attached hydrogens (tertiary/aromatic N) is 3. The van der Waals surface area contributed by atoms with Gasteiger partial charge >= 0.3 is 6.18 Å². The van der Waals surface area contributed by atoms with Gasteiger partial charge in [0.15, 0.2) is 0 Å². The summed E-state index contributed by atoms with van der Waals surface area (Å²) in [5, 5.41) is 3.30. The van der Waals surface area contributed by atoms with Gasteiger partial charge in [0.1, 0.15) is 0 Å². The Balaban J connectivity index is 1.64. The molecule has 3 heterocycles. The maximum absolute atomic E-state index is 13.0. The van der Waals surface area contributed by atoms with Gasteiger partial charge in [0.25, 0.3) is 0 Å². The van der Waals surface area contributed by atoms with Gasteiger partial charge in [0.05, 0.1) is 12.5 Å². The monoisotopic (exact) mass is 356 g/mol. The molecule has 2 aliphatic rings. The first-order valence-corrected chi connectivity index (χ1v) is 8.64.